The summed E-state index contributed by atoms with van der Waals surface area (Å²) < 4.78 is 0. The van der Waals surface area contributed by atoms with E-state index in [1.807, 2.05) is 11.9 Å². The Morgan fingerprint density at radius 1 is 1.91 bits per heavy atom. The second-order valence-corrected chi connectivity index (χ2v) is 2.74. The monoisotopic (exact) mass is 159 g/mol. The molecule has 0 aromatic heterocycles. The minimum absolute atomic E-state index is 0.215. The van der Waals surface area contributed by atoms with Gasteiger partial charge in [-0.25, -0.2) is 0 Å². The summed E-state index contributed by atoms with van der Waals surface area (Å²) in [6, 6.07) is -0.831. The molecule has 0 aromatic rings. The van der Waals surface area contributed by atoms with Crippen LogP contribution in [-0.2, 0) is 4.79 Å². The zero-order valence-corrected chi connectivity index (χ0v) is 6.45. The van der Waals surface area contributed by atoms with Crippen molar-refractivity contribution in [2.24, 2.45) is 5.73 Å². The molecule has 1 saturated heterocycles. The minimum atomic E-state index is -0.962. The first-order valence-corrected chi connectivity index (χ1v) is 3.55. The first-order valence-electron chi connectivity index (χ1n) is 3.55. The van der Waals surface area contributed by atoms with Crippen molar-refractivity contribution in [1.29, 1.82) is 0 Å². The van der Waals surface area contributed by atoms with Crippen molar-refractivity contribution < 1.29 is 9.90 Å². The zero-order valence-electron chi connectivity index (χ0n) is 6.45. The summed E-state index contributed by atoms with van der Waals surface area (Å²) >= 11 is 0. The summed E-state index contributed by atoms with van der Waals surface area (Å²) in [5.41, 5.74) is 5.41. The van der Waals surface area contributed by atoms with Gasteiger partial charge in [0.05, 0.1) is 6.17 Å². The molecule has 0 radical (unpaired) electrons. The molecule has 5 nitrogen and oxygen atoms in total. The lowest BCUT2D eigenvalue weighted by Crippen LogP contribution is -2.52. The number of nitrogens with zero attached hydrogens (tertiary/aromatic N) is 1. The summed E-state index contributed by atoms with van der Waals surface area (Å²) in [5, 5.41) is 11.6. The molecule has 64 valence electrons. The number of carboxylic acids is 1. The van der Waals surface area contributed by atoms with Gasteiger partial charge in [0.2, 0.25) is 0 Å². The Morgan fingerprint density at radius 3 is 2.91 bits per heavy atom. The molecule has 1 aliphatic heterocycles. The van der Waals surface area contributed by atoms with E-state index >= 15 is 0 Å². The number of hydrogen-bond acceptors (Lipinski definition) is 4. The first-order chi connectivity index (χ1) is 5.13. The van der Waals surface area contributed by atoms with Gasteiger partial charge in [0.15, 0.2) is 0 Å². The third-order valence-electron chi connectivity index (χ3n) is 1.92. The zero-order chi connectivity index (χ0) is 8.43. The third kappa shape index (κ3) is 1.68. The van der Waals surface area contributed by atoms with E-state index in [1.54, 1.807) is 0 Å². The minimum Gasteiger partial charge on any atom is -0.480 e. The normalized spacial score (nSPS) is 28.7. The molecular formula is C6H13N3O2. The topological polar surface area (TPSA) is 78.6 Å². The van der Waals surface area contributed by atoms with E-state index in [9.17, 15) is 4.79 Å². The van der Waals surface area contributed by atoms with Crippen molar-refractivity contribution in [3.05, 3.63) is 0 Å². The van der Waals surface area contributed by atoms with Gasteiger partial charge in [0, 0.05) is 13.1 Å². The Hall–Kier alpha value is -0.650. The average molecular weight is 159 g/mol. The summed E-state index contributed by atoms with van der Waals surface area (Å²) in [6.45, 7) is 1.66. The molecule has 4 N–H and O–H groups in total. The number of nitrogens with one attached hydrogen (secondary N) is 1. The van der Waals surface area contributed by atoms with Gasteiger partial charge in [0.1, 0.15) is 6.04 Å². The van der Waals surface area contributed by atoms with Gasteiger partial charge in [-0.1, -0.05) is 0 Å². The van der Waals surface area contributed by atoms with Crippen molar-refractivity contribution >= 4 is 5.97 Å². The van der Waals surface area contributed by atoms with E-state index in [2.05, 4.69) is 5.32 Å². The number of carbonyl (C=O) groups is 1. The number of carboxylic acid groups (broad SMARTS) is 1. The SMILES string of the molecule is CN1CCNC1C(N)C(=O)O. The van der Waals surface area contributed by atoms with Crippen LogP contribution in [0.3, 0.4) is 0 Å². The molecule has 1 rings (SSSR count). The molecule has 0 bridgehead atoms. The molecule has 0 aromatic carbocycles. The van der Waals surface area contributed by atoms with Crippen LogP contribution in [0.5, 0.6) is 0 Å². The lowest BCUT2D eigenvalue weighted by molar-refractivity contribution is -0.140. The molecule has 0 saturated carbocycles. The van der Waals surface area contributed by atoms with Gasteiger partial charge >= 0.3 is 5.97 Å². The molecule has 5 heteroatoms. The summed E-state index contributed by atoms with van der Waals surface area (Å²) in [5.74, 6) is -0.962. The van der Waals surface area contributed by atoms with Gasteiger partial charge in [0.25, 0.3) is 0 Å². The molecule has 2 atom stereocenters. The van der Waals surface area contributed by atoms with Gasteiger partial charge in [-0.3, -0.25) is 15.0 Å². The standard InChI is InChI=1S/C6H13N3O2/c1-9-3-2-8-5(9)4(7)6(10)11/h4-5,8H,2-3,7H2,1H3,(H,10,11). The van der Waals surface area contributed by atoms with Gasteiger partial charge < -0.3 is 10.8 Å². The number of aliphatic carboxylic acids is 1. The fourth-order valence-corrected chi connectivity index (χ4v) is 1.22. The number of nitrogens with two attached hydrogens (primary N) is 1. The lowest BCUT2D eigenvalue weighted by Gasteiger charge is -2.22. The van der Waals surface area contributed by atoms with Crippen LogP contribution in [0.15, 0.2) is 0 Å². The fraction of sp³-hybridized carbons (Fsp3) is 0.833. The quantitative estimate of drug-likeness (QED) is 0.446. The van der Waals surface area contributed by atoms with Gasteiger partial charge in [-0.15, -0.1) is 0 Å². The Bertz CT molecular complexity index is 162. The molecule has 0 spiro atoms. The van der Waals surface area contributed by atoms with Crippen LogP contribution in [0.2, 0.25) is 0 Å². The van der Waals surface area contributed by atoms with Gasteiger partial charge in [-0.05, 0) is 7.05 Å². The van der Waals surface area contributed by atoms with E-state index < -0.39 is 12.0 Å². The van der Waals surface area contributed by atoms with E-state index in [1.165, 1.54) is 0 Å². The predicted octanol–water partition coefficient (Wildman–Crippen LogP) is -1.74. The molecule has 11 heavy (non-hydrogen) atoms. The second kappa shape index (κ2) is 3.17. The summed E-state index contributed by atoms with van der Waals surface area (Å²) in [6.07, 6.45) is -0.215. The first kappa shape index (κ1) is 8.45. The number of hydrogen-bond donors (Lipinski definition) is 3. The molecule has 1 heterocycles. The Kier molecular flexibility index (Phi) is 2.43. The predicted molar refractivity (Wildman–Crippen MR) is 40.0 cm³/mol. The molecule has 2 unspecified atom stereocenters. The molecule has 0 amide bonds. The van der Waals surface area contributed by atoms with E-state index in [0.717, 1.165) is 13.1 Å². The van der Waals surface area contributed by atoms with Crippen LogP contribution in [0.25, 0.3) is 0 Å². The number of rotatable bonds is 2. The maximum atomic E-state index is 10.4. The van der Waals surface area contributed by atoms with Crippen LogP contribution >= 0.6 is 0 Å². The van der Waals surface area contributed by atoms with Crippen molar-refractivity contribution in [3.63, 3.8) is 0 Å². The van der Waals surface area contributed by atoms with Gasteiger partial charge in [-0.2, -0.15) is 0 Å². The van der Waals surface area contributed by atoms with E-state index in [4.69, 9.17) is 10.8 Å². The second-order valence-electron chi connectivity index (χ2n) is 2.74. The van der Waals surface area contributed by atoms with Crippen LogP contribution in [0.1, 0.15) is 0 Å². The average Bonchev–Trinajstić information content (AvgIpc) is 2.33. The van der Waals surface area contributed by atoms with Crippen LogP contribution in [0.4, 0.5) is 0 Å². The Labute approximate surface area is 65.2 Å². The molecular weight excluding hydrogens is 146 g/mol. The van der Waals surface area contributed by atoms with E-state index in [0.29, 0.717) is 0 Å². The summed E-state index contributed by atoms with van der Waals surface area (Å²) in [7, 11) is 1.85. The van der Waals surface area contributed by atoms with Crippen LogP contribution in [-0.4, -0.2) is 48.3 Å². The highest BCUT2D eigenvalue weighted by Gasteiger charge is 2.30. The van der Waals surface area contributed by atoms with E-state index in [-0.39, 0.29) is 6.17 Å². The molecule has 1 aliphatic rings. The van der Waals surface area contributed by atoms with Crippen molar-refractivity contribution in [2.75, 3.05) is 20.1 Å². The maximum absolute atomic E-state index is 10.4. The van der Waals surface area contributed by atoms with Crippen molar-refractivity contribution in [1.82, 2.24) is 10.2 Å². The molecule has 0 aliphatic carbocycles. The van der Waals surface area contributed by atoms with Crippen molar-refractivity contribution in [2.45, 2.75) is 12.2 Å². The molecule has 1 fully saturated rings. The lowest BCUT2D eigenvalue weighted by atomic mass is 10.2. The highest BCUT2D eigenvalue weighted by atomic mass is 16.4. The highest BCUT2D eigenvalue weighted by molar-refractivity contribution is 5.74. The fourth-order valence-electron chi connectivity index (χ4n) is 1.22. The largest absolute Gasteiger partial charge is 0.480 e. The van der Waals surface area contributed by atoms with Crippen molar-refractivity contribution in [3.8, 4) is 0 Å². The Morgan fingerprint density at radius 2 is 2.55 bits per heavy atom. The van der Waals surface area contributed by atoms with Crippen LogP contribution in [0, 0.1) is 0 Å². The maximum Gasteiger partial charge on any atom is 0.323 e. The third-order valence-corrected chi connectivity index (χ3v) is 1.92. The number of likely N-dealkylation sites (N-methyl/N-ethyl adjacent to an activating group) is 1. The smallest absolute Gasteiger partial charge is 0.323 e. The summed E-state index contributed by atoms with van der Waals surface area (Å²) in [4.78, 5) is 12.3. The Balaban J connectivity index is 2.52. The highest BCUT2D eigenvalue weighted by Crippen LogP contribution is 2.02. The van der Waals surface area contributed by atoms with Crippen LogP contribution < -0.4 is 11.1 Å².